The lowest BCUT2D eigenvalue weighted by Gasteiger charge is -2.40. The molecule has 1 saturated heterocycles. The van der Waals surface area contributed by atoms with Crippen molar-refractivity contribution in [1.82, 2.24) is 4.90 Å². The second-order valence-corrected chi connectivity index (χ2v) is 7.85. The number of benzene rings is 2. The fourth-order valence-corrected chi connectivity index (χ4v) is 4.87. The third-order valence-corrected chi connectivity index (χ3v) is 6.35. The summed E-state index contributed by atoms with van der Waals surface area (Å²) in [5.74, 6) is 1.04. The molecule has 1 saturated carbocycles. The number of hydrogen-bond acceptors (Lipinski definition) is 1. The molecule has 3 nitrogen and oxygen atoms in total. The molecule has 0 spiro atoms. The number of carbonyl (C=O) groups is 1. The highest BCUT2D eigenvalue weighted by molar-refractivity contribution is 6.07. The average Bonchev–Trinajstić information content (AvgIpc) is 2.67. The molecule has 0 aromatic heterocycles. The lowest BCUT2D eigenvalue weighted by Crippen LogP contribution is -3.19. The number of nitrogens with one attached hydrogen (secondary N) is 1. The molecule has 132 valence electrons. The Balaban J connectivity index is 1.46. The van der Waals surface area contributed by atoms with E-state index >= 15 is 0 Å². The monoisotopic (exact) mass is 337 g/mol. The minimum Gasteiger partial charge on any atom is -0.329 e. The van der Waals surface area contributed by atoms with Gasteiger partial charge < -0.3 is 9.80 Å². The largest absolute Gasteiger partial charge is 0.329 e. The third-order valence-electron chi connectivity index (χ3n) is 6.35. The van der Waals surface area contributed by atoms with Gasteiger partial charge in [-0.2, -0.15) is 0 Å². The molecule has 3 heteroatoms. The fraction of sp³-hybridized carbons (Fsp3) is 0.500. The van der Waals surface area contributed by atoms with Gasteiger partial charge in [-0.05, 0) is 36.1 Å². The highest BCUT2D eigenvalue weighted by atomic mass is 16.2. The third kappa shape index (κ3) is 3.30. The van der Waals surface area contributed by atoms with Crippen molar-refractivity contribution in [2.75, 3.05) is 26.2 Å². The Labute approximate surface area is 150 Å². The van der Waals surface area contributed by atoms with E-state index in [9.17, 15) is 4.79 Å². The topological polar surface area (TPSA) is 24.8 Å². The summed E-state index contributed by atoms with van der Waals surface area (Å²) in [6.45, 7) is 6.41. The molecule has 2 aromatic carbocycles. The molecule has 2 aromatic rings. The van der Waals surface area contributed by atoms with Crippen molar-refractivity contribution in [2.24, 2.45) is 5.92 Å². The maximum Gasteiger partial charge on any atom is 0.254 e. The van der Waals surface area contributed by atoms with Gasteiger partial charge >= 0.3 is 0 Å². The number of amides is 1. The fourth-order valence-electron chi connectivity index (χ4n) is 4.87. The van der Waals surface area contributed by atoms with Crippen LogP contribution in [0.1, 0.15) is 43.0 Å². The molecular formula is C22H29N2O+. The molecule has 0 bridgehead atoms. The van der Waals surface area contributed by atoms with Crippen LogP contribution in [-0.4, -0.2) is 43.0 Å². The van der Waals surface area contributed by atoms with Gasteiger partial charge in [-0.1, -0.05) is 49.7 Å². The van der Waals surface area contributed by atoms with Crippen molar-refractivity contribution in [2.45, 2.75) is 38.6 Å². The summed E-state index contributed by atoms with van der Waals surface area (Å²) in [6.07, 6.45) is 5.54. The van der Waals surface area contributed by atoms with Crippen LogP contribution in [0.2, 0.25) is 0 Å². The Morgan fingerprint density at radius 3 is 2.52 bits per heavy atom. The van der Waals surface area contributed by atoms with E-state index in [0.29, 0.717) is 0 Å². The second kappa shape index (κ2) is 7.17. The van der Waals surface area contributed by atoms with Crippen LogP contribution in [0.15, 0.2) is 42.5 Å². The van der Waals surface area contributed by atoms with E-state index in [1.165, 1.54) is 25.7 Å². The first-order valence-corrected chi connectivity index (χ1v) is 9.85. The summed E-state index contributed by atoms with van der Waals surface area (Å²) in [7, 11) is 0. The van der Waals surface area contributed by atoms with E-state index in [0.717, 1.165) is 54.5 Å². The standard InChI is InChI=1S/C22H28N2O/c1-17-7-2-5-12-21(17)23-13-15-24(16-14-23)22(25)20-11-6-9-18-8-3-4-10-19(18)20/h3-4,6,8-11,17,21H,2,5,7,12-16H2,1H3/p+1/t17-,21+/m0/s1. The number of fused-ring (bicyclic) bond motifs is 1. The first kappa shape index (κ1) is 16.6. The number of quaternary nitrogens is 1. The normalized spacial score (nSPS) is 25.2. The first-order chi connectivity index (χ1) is 12.2. The van der Waals surface area contributed by atoms with Gasteiger partial charge in [0.2, 0.25) is 0 Å². The van der Waals surface area contributed by atoms with Gasteiger partial charge in [0, 0.05) is 11.5 Å². The Bertz CT molecular complexity index is 743. The maximum absolute atomic E-state index is 13.1. The molecular weight excluding hydrogens is 308 g/mol. The SMILES string of the molecule is C[C@H]1CCCC[C@H]1[NH+]1CCN(C(=O)c2cccc3ccccc23)CC1. The van der Waals surface area contributed by atoms with E-state index in [1.54, 1.807) is 4.90 Å². The Hall–Kier alpha value is -1.87. The maximum atomic E-state index is 13.1. The van der Waals surface area contributed by atoms with Crippen LogP contribution in [-0.2, 0) is 0 Å². The van der Waals surface area contributed by atoms with Gasteiger partial charge in [0.25, 0.3) is 5.91 Å². The zero-order valence-electron chi connectivity index (χ0n) is 15.2. The van der Waals surface area contributed by atoms with E-state index in [-0.39, 0.29) is 5.91 Å². The van der Waals surface area contributed by atoms with Gasteiger partial charge in [-0.3, -0.25) is 4.79 Å². The lowest BCUT2D eigenvalue weighted by atomic mass is 9.84. The molecule has 1 aliphatic heterocycles. The van der Waals surface area contributed by atoms with Gasteiger partial charge in [-0.15, -0.1) is 0 Å². The van der Waals surface area contributed by atoms with Crippen LogP contribution in [0.3, 0.4) is 0 Å². The van der Waals surface area contributed by atoms with E-state index in [4.69, 9.17) is 0 Å². The summed E-state index contributed by atoms with van der Waals surface area (Å²) in [5.41, 5.74) is 0.854. The van der Waals surface area contributed by atoms with Crippen LogP contribution < -0.4 is 4.90 Å². The summed E-state index contributed by atoms with van der Waals surface area (Å²) in [5, 5.41) is 2.22. The van der Waals surface area contributed by atoms with Crippen molar-refractivity contribution in [1.29, 1.82) is 0 Å². The summed E-state index contributed by atoms with van der Waals surface area (Å²) >= 11 is 0. The lowest BCUT2D eigenvalue weighted by molar-refractivity contribution is -0.934. The molecule has 4 rings (SSSR count). The van der Waals surface area contributed by atoms with Crippen LogP contribution in [0.4, 0.5) is 0 Å². The molecule has 1 heterocycles. The highest BCUT2D eigenvalue weighted by Gasteiger charge is 2.34. The molecule has 1 aliphatic carbocycles. The number of rotatable bonds is 2. The Morgan fingerprint density at radius 1 is 1.00 bits per heavy atom. The predicted molar refractivity (Wildman–Crippen MR) is 102 cm³/mol. The number of nitrogens with zero attached hydrogens (tertiary/aromatic N) is 1. The van der Waals surface area contributed by atoms with Crippen molar-refractivity contribution >= 4 is 16.7 Å². The van der Waals surface area contributed by atoms with Gasteiger partial charge in [0.1, 0.15) is 0 Å². The average molecular weight is 337 g/mol. The van der Waals surface area contributed by atoms with Gasteiger partial charge in [0.05, 0.1) is 32.2 Å². The molecule has 2 aliphatic rings. The van der Waals surface area contributed by atoms with Crippen LogP contribution in [0, 0.1) is 5.92 Å². The quantitative estimate of drug-likeness (QED) is 0.895. The first-order valence-electron chi connectivity index (χ1n) is 9.85. The summed E-state index contributed by atoms with van der Waals surface area (Å²) < 4.78 is 0. The van der Waals surface area contributed by atoms with Crippen LogP contribution in [0.5, 0.6) is 0 Å². The molecule has 1 N–H and O–H groups in total. The summed E-state index contributed by atoms with van der Waals surface area (Å²) in [6, 6.07) is 15.1. The molecule has 1 amide bonds. The molecule has 2 atom stereocenters. The predicted octanol–water partition coefficient (Wildman–Crippen LogP) is 2.76. The Kier molecular flexibility index (Phi) is 4.76. The molecule has 25 heavy (non-hydrogen) atoms. The van der Waals surface area contributed by atoms with Crippen molar-refractivity contribution in [3.63, 3.8) is 0 Å². The van der Waals surface area contributed by atoms with Crippen LogP contribution >= 0.6 is 0 Å². The molecule has 0 radical (unpaired) electrons. The number of piperazine rings is 1. The van der Waals surface area contributed by atoms with Crippen molar-refractivity contribution in [3.8, 4) is 0 Å². The molecule has 0 unspecified atom stereocenters. The number of carbonyl (C=O) groups excluding carboxylic acids is 1. The zero-order valence-corrected chi connectivity index (χ0v) is 15.2. The van der Waals surface area contributed by atoms with Crippen molar-refractivity contribution in [3.05, 3.63) is 48.0 Å². The highest BCUT2D eigenvalue weighted by Crippen LogP contribution is 2.23. The van der Waals surface area contributed by atoms with E-state index < -0.39 is 0 Å². The smallest absolute Gasteiger partial charge is 0.254 e. The summed E-state index contributed by atoms with van der Waals surface area (Å²) in [4.78, 5) is 16.9. The van der Waals surface area contributed by atoms with E-state index in [2.05, 4.69) is 30.0 Å². The Morgan fingerprint density at radius 2 is 1.72 bits per heavy atom. The van der Waals surface area contributed by atoms with E-state index in [1.807, 2.05) is 24.3 Å². The second-order valence-electron chi connectivity index (χ2n) is 7.85. The van der Waals surface area contributed by atoms with Crippen LogP contribution in [0.25, 0.3) is 10.8 Å². The van der Waals surface area contributed by atoms with Gasteiger partial charge in [-0.25, -0.2) is 0 Å². The zero-order chi connectivity index (χ0) is 17.2. The molecule has 2 fully saturated rings. The minimum atomic E-state index is 0.201. The minimum absolute atomic E-state index is 0.201. The number of hydrogen-bond donors (Lipinski definition) is 1. The van der Waals surface area contributed by atoms with Crippen molar-refractivity contribution < 1.29 is 9.69 Å². The van der Waals surface area contributed by atoms with Gasteiger partial charge in [0.15, 0.2) is 0 Å².